The highest BCUT2D eigenvalue weighted by Crippen LogP contribution is 2.44. The number of hydrogen-bond donors (Lipinski definition) is 1. The van der Waals surface area contributed by atoms with E-state index in [9.17, 15) is 19.1 Å². The second kappa shape index (κ2) is 7.81. The minimum atomic E-state index is -0.792. The first-order valence-corrected chi connectivity index (χ1v) is 10.8. The zero-order chi connectivity index (χ0) is 21.6. The summed E-state index contributed by atoms with van der Waals surface area (Å²) in [5.41, 5.74) is 2.65. The summed E-state index contributed by atoms with van der Waals surface area (Å²) in [6.45, 7) is 3.76. The number of ketones is 1. The second-order valence-electron chi connectivity index (χ2n) is 7.08. The number of benzene rings is 2. The number of thiophene rings is 1. The molecule has 1 saturated heterocycles. The molecule has 1 amide bonds. The fourth-order valence-corrected chi connectivity index (χ4v) is 4.83. The maximum atomic E-state index is 13.5. The van der Waals surface area contributed by atoms with Crippen LogP contribution in [0.4, 0.5) is 10.1 Å². The van der Waals surface area contributed by atoms with Crippen LogP contribution in [0.25, 0.3) is 5.76 Å². The van der Waals surface area contributed by atoms with E-state index in [0.717, 1.165) is 20.5 Å². The van der Waals surface area contributed by atoms with E-state index in [1.54, 1.807) is 18.2 Å². The number of Topliss-reactive ketones (excluding diaryl/α,β-unsaturated/α-hetero) is 1. The third kappa shape index (κ3) is 3.38. The van der Waals surface area contributed by atoms with E-state index in [-0.39, 0.29) is 11.3 Å². The summed E-state index contributed by atoms with van der Waals surface area (Å²) in [5, 5.41) is 13.0. The Hall–Kier alpha value is -2.77. The lowest BCUT2D eigenvalue weighted by atomic mass is 9.97. The Morgan fingerprint density at radius 2 is 1.77 bits per heavy atom. The summed E-state index contributed by atoms with van der Waals surface area (Å²) in [6, 6.07) is 11.7. The van der Waals surface area contributed by atoms with Crippen molar-refractivity contribution in [3.05, 3.63) is 91.3 Å². The number of rotatable bonds is 3. The van der Waals surface area contributed by atoms with Crippen molar-refractivity contribution in [1.29, 1.82) is 0 Å². The molecule has 3 aromatic rings. The van der Waals surface area contributed by atoms with Crippen LogP contribution in [-0.2, 0) is 9.59 Å². The summed E-state index contributed by atoms with van der Waals surface area (Å²) < 4.78 is 14.3. The maximum absolute atomic E-state index is 13.5. The molecule has 0 saturated carbocycles. The van der Waals surface area contributed by atoms with Crippen LogP contribution in [0.15, 0.2) is 64.0 Å². The van der Waals surface area contributed by atoms with Gasteiger partial charge in [-0.05, 0) is 72.8 Å². The molecule has 1 unspecified atom stereocenters. The molecule has 1 atom stereocenters. The average molecular weight is 486 g/mol. The lowest BCUT2D eigenvalue weighted by molar-refractivity contribution is -0.132. The van der Waals surface area contributed by atoms with Gasteiger partial charge in [0.15, 0.2) is 0 Å². The van der Waals surface area contributed by atoms with Crippen LogP contribution in [0, 0.1) is 19.7 Å². The zero-order valence-corrected chi connectivity index (χ0v) is 18.6. The quantitative estimate of drug-likeness (QED) is 0.285. The fourth-order valence-electron chi connectivity index (χ4n) is 3.56. The molecule has 1 aliphatic rings. The first kappa shape index (κ1) is 20.5. The lowest BCUT2D eigenvalue weighted by Gasteiger charge is -2.25. The summed E-state index contributed by atoms with van der Waals surface area (Å²) in [5.74, 6) is -2.19. The van der Waals surface area contributed by atoms with E-state index >= 15 is 0 Å². The largest absolute Gasteiger partial charge is 0.507 e. The van der Waals surface area contributed by atoms with E-state index in [1.165, 1.54) is 40.5 Å². The van der Waals surface area contributed by atoms with Gasteiger partial charge in [-0.25, -0.2) is 4.39 Å². The van der Waals surface area contributed by atoms with Gasteiger partial charge in [0.1, 0.15) is 17.6 Å². The molecule has 1 aliphatic heterocycles. The zero-order valence-electron chi connectivity index (χ0n) is 16.1. The molecule has 0 spiro atoms. The van der Waals surface area contributed by atoms with Crippen LogP contribution in [0.3, 0.4) is 0 Å². The highest BCUT2D eigenvalue weighted by Gasteiger charge is 2.47. The van der Waals surface area contributed by atoms with Gasteiger partial charge in [-0.3, -0.25) is 14.5 Å². The highest BCUT2D eigenvalue weighted by molar-refractivity contribution is 9.10. The van der Waals surface area contributed by atoms with Crippen LogP contribution in [0.5, 0.6) is 0 Å². The van der Waals surface area contributed by atoms with Crippen LogP contribution in [0.2, 0.25) is 0 Å². The SMILES string of the molecule is Cc1cc(/C(O)=C2/C(=O)C(=O)N(c3ccc(F)cc3)C2c2sccc2C)ccc1Br. The molecule has 30 heavy (non-hydrogen) atoms. The number of carbonyl (C=O) groups excluding carboxylic acids is 2. The normalized spacial score (nSPS) is 18.3. The van der Waals surface area contributed by atoms with Crippen molar-refractivity contribution in [3.8, 4) is 0 Å². The molecule has 4 rings (SSSR count). The molecule has 152 valence electrons. The molecule has 1 fully saturated rings. The Bertz CT molecular complexity index is 1200. The lowest BCUT2D eigenvalue weighted by Crippen LogP contribution is -2.29. The maximum Gasteiger partial charge on any atom is 0.300 e. The molecule has 7 heteroatoms. The Kier molecular flexibility index (Phi) is 5.34. The second-order valence-corrected chi connectivity index (χ2v) is 8.88. The molecular formula is C23H17BrFNO3S. The average Bonchev–Trinajstić information content (AvgIpc) is 3.25. The van der Waals surface area contributed by atoms with Crippen molar-refractivity contribution in [2.24, 2.45) is 0 Å². The third-order valence-electron chi connectivity index (χ3n) is 5.13. The van der Waals surface area contributed by atoms with Crippen molar-refractivity contribution < 1.29 is 19.1 Å². The molecule has 4 nitrogen and oxygen atoms in total. The van der Waals surface area contributed by atoms with Gasteiger partial charge in [-0.2, -0.15) is 0 Å². The van der Waals surface area contributed by atoms with Gasteiger partial charge < -0.3 is 5.11 Å². The first-order valence-electron chi connectivity index (χ1n) is 9.16. The summed E-state index contributed by atoms with van der Waals surface area (Å²) in [6.07, 6.45) is 0. The van der Waals surface area contributed by atoms with Gasteiger partial charge in [-0.1, -0.05) is 22.0 Å². The van der Waals surface area contributed by atoms with E-state index in [0.29, 0.717) is 11.3 Å². The van der Waals surface area contributed by atoms with Crippen molar-refractivity contribution in [2.75, 3.05) is 4.90 Å². The fraction of sp³-hybridized carbons (Fsp3) is 0.130. The predicted octanol–water partition coefficient (Wildman–Crippen LogP) is 5.89. The molecule has 0 radical (unpaired) electrons. The summed E-state index contributed by atoms with van der Waals surface area (Å²) >= 11 is 4.83. The van der Waals surface area contributed by atoms with Gasteiger partial charge in [0, 0.05) is 20.6 Å². The van der Waals surface area contributed by atoms with Crippen molar-refractivity contribution in [2.45, 2.75) is 19.9 Å². The monoisotopic (exact) mass is 485 g/mol. The summed E-state index contributed by atoms with van der Waals surface area (Å²) in [4.78, 5) is 28.2. The van der Waals surface area contributed by atoms with Gasteiger partial charge in [0.25, 0.3) is 11.7 Å². The number of anilines is 1. The Morgan fingerprint density at radius 3 is 2.37 bits per heavy atom. The van der Waals surface area contributed by atoms with Crippen LogP contribution >= 0.6 is 27.3 Å². The molecule has 2 heterocycles. The van der Waals surface area contributed by atoms with E-state index < -0.39 is 23.5 Å². The van der Waals surface area contributed by atoms with Gasteiger partial charge >= 0.3 is 0 Å². The third-order valence-corrected chi connectivity index (χ3v) is 7.09. The van der Waals surface area contributed by atoms with E-state index in [2.05, 4.69) is 15.9 Å². The van der Waals surface area contributed by atoms with Gasteiger partial charge in [0.2, 0.25) is 0 Å². The number of aryl methyl sites for hydroxylation is 2. The molecular weight excluding hydrogens is 469 g/mol. The minimum absolute atomic E-state index is 0.0246. The Labute approximate surface area is 185 Å². The van der Waals surface area contributed by atoms with Crippen LogP contribution in [0.1, 0.15) is 27.6 Å². The number of halogens is 2. The number of aliphatic hydroxyl groups excluding tert-OH is 1. The molecule has 2 aromatic carbocycles. The topological polar surface area (TPSA) is 57.6 Å². The van der Waals surface area contributed by atoms with Gasteiger partial charge in [-0.15, -0.1) is 11.3 Å². The molecule has 1 N–H and O–H groups in total. The number of nitrogens with zero attached hydrogens (tertiary/aromatic N) is 1. The number of carbonyl (C=O) groups is 2. The minimum Gasteiger partial charge on any atom is -0.507 e. The van der Waals surface area contributed by atoms with Crippen LogP contribution in [-0.4, -0.2) is 16.8 Å². The van der Waals surface area contributed by atoms with Crippen molar-refractivity contribution in [1.82, 2.24) is 0 Å². The number of hydrogen-bond acceptors (Lipinski definition) is 4. The molecule has 0 bridgehead atoms. The highest BCUT2D eigenvalue weighted by atomic mass is 79.9. The first-order chi connectivity index (χ1) is 14.3. The number of amides is 1. The van der Waals surface area contributed by atoms with E-state index in [4.69, 9.17) is 0 Å². The van der Waals surface area contributed by atoms with E-state index in [1.807, 2.05) is 25.3 Å². The Morgan fingerprint density at radius 1 is 1.07 bits per heavy atom. The summed E-state index contributed by atoms with van der Waals surface area (Å²) in [7, 11) is 0. The molecule has 1 aromatic heterocycles. The predicted molar refractivity (Wildman–Crippen MR) is 119 cm³/mol. The van der Waals surface area contributed by atoms with Gasteiger partial charge in [0.05, 0.1) is 5.57 Å². The van der Waals surface area contributed by atoms with Crippen molar-refractivity contribution >= 4 is 50.4 Å². The van der Waals surface area contributed by atoms with Crippen LogP contribution < -0.4 is 4.90 Å². The van der Waals surface area contributed by atoms with Crippen molar-refractivity contribution in [3.63, 3.8) is 0 Å². The number of aliphatic hydroxyl groups is 1. The standard InChI is InChI=1S/C23H17BrFNO3S/c1-12-9-10-30-22(12)19-18(20(27)14-3-8-17(24)13(2)11-14)21(28)23(29)26(19)16-6-4-15(25)5-7-16/h3-11,19,27H,1-2H3/b20-18-. The smallest absolute Gasteiger partial charge is 0.300 e. The Balaban J connectivity index is 1.95. The molecule has 0 aliphatic carbocycles.